The van der Waals surface area contributed by atoms with E-state index in [4.69, 9.17) is 0 Å². The summed E-state index contributed by atoms with van der Waals surface area (Å²) < 4.78 is 0. The molecule has 3 aliphatic heterocycles. The Hall–Kier alpha value is -4.34. The van der Waals surface area contributed by atoms with Gasteiger partial charge in [-0.2, -0.15) is 0 Å². The summed E-state index contributed by atoms with van der Waals surface area (Å²) >= 11 is 2.51. The number of piperazine rings is 1. The molecule has 2 fully saturated rings. The lowest BCUT2D eigenvalue weighted by atomic mass is 10.0. The molecule has 0 saturated carbocycles. The second-order valence-corrected chi connectivity index (χ2v) is 12.3. The summed E-state index contributed by atoms with van der Waals surface area (Å²) in [4.78, 5) is 81.6. The van der Waals surface area contributed by atoms with E-state index in [0.29, 0.717) is 22.6 Å². The molecule has 4 N–H and O–H groups in total. The van der Waals surface area contributed by atoms with Crippen LogP contribution in [0.5, 0.6) is 0 Å². The predicted octanol–water partition coefficient (Wildman–Crippen LogP) is 1.11. The van der Waals surface area contributed by atoms with Crippen molar-refractivity contribution in [2.75, 3.05) is 25.4 Å². The normalized spacial score (nSPS) is 20.6. The molecule has 230 valence electrons. The number of hydrogen-bond donors (Lipinski definition) is 4. The van der Waals surface area contributed by atoms with Crippen molar-refractivity contribution in [3.05, 3.63) is 76.3 Å². The van der Waals surface area contributed by atoms with Crippen molar-refractivity contribution in [3.63, 3.8) is 0 Å². The minimum absolute atomic E-state index is 0.0433. The number of rotatable bonds is 9. The molecular weight excluding hydrogens is 610 g/mol. The molecule has 0 aromatic heterocycles. The minimum atomic E-state index is -1.31. The summed E-state index contributed by atoms with van der Waals surface area (Å²) in [5, 5.41) is 23.8. The number of aliphatic hydroxyl groups is 1. The van der Waals surface area contributed by atoms with Crippen LogP contribution in [-0.2, 0) is 30.6 Å². The first-order valence-electron chi connectivity index (χ1n) is 13.7. The van der Waals surface area contributed by atoms with Crippen molar-refractivity contribution in [1.29, 1.82) is 0 Å². The quantitative estimate of drug-likeness (QED) is 0.230. The molecule has 0 bridgehead atoms. The minimum Gasteiger partial charge on any atom is -0.477 e. The molecular formula is C29H29N5O8S2. The van der Waals surface area contributed by atoms with E-state index in [1.165, 1.54) is 28.4 Å². The number of carbonyl (C=O) groups excluding carboxylic acids is 5. The first kappa shape index (κ1) is 31.1. The summed E-state index contributed by atoms with van der Waals surface area (Å²) in [7, 11) is 0. The highest BCUT2D eigenvalue weighted by molar-refractivity contribution is 8.06. The highest BCUT2D eigenvalue weighted by Crippen LogP contribution is 2.45. The molecule has 44 heavy (non-hydrogen) atoms. The van der Waals surface area contributed by atoms with Gasteiger partial charge in [0.25, 0.3) is 5.91 Å². The van der Waals surface area contributed by atoms with Gasteiger partial charge in [-0.25, -0.2) is 9.59 Å². The second-order valence-electron chi connectivity index (χ2n) is 10.0. The van der Waals surface area contributed by atoms with Crippen molar-refractivity contribution in [3.8, 4) is 0 Å². The average molecular weight is 640 g/mol. The fourth-order valence-electron chi connectivity index (χ4n) is 5.03. The van der Waals surface area contributed by atoms with E-state index >= 15 is 0 Å². The maximum atomic E-state index is 13.6. The number of likely N-dealkylation sites (N-methyl/N-ethyl adjacent to an activating group) is 1. The lowest BCUT2D eigenvalue weighted by molar-refractivity contribution is -0.153. The van der Waals surface area contributed by atoms with Crippen molar-refractivity contribution >= 4 is 59.2 Å². The standard InChI is InChI=1S/C29H29N5O8S2/c1-2-32-12-13-33(26(39)25(32)38)29(42)31-20(17-6-4-3-5-7-17)23(36)30-21-24(37)34-22(28(40)41)19(15-43-27(21)34)44-18-10-8-16(14-35)9-11-18/h3-11,20-21,27,35H,2,12-15H2,1H3,(H,30,36)(H,31,42)(H,40,41)/t20?,21?,27-/m0/s1. The van der Waals surface area contributed by atoms with Crippen LogP contribution in [0, 0.1) is 0 Å². The zero-order valence-electron chi connectivity index (χ0n) is 23.5. The number of thioether (sulfide) groups is 2. The van der Waals surface area contributed by atoms with Gasteiger partial charge in [-0.1, -0.05) is 54.2 Å². The molecule has 3 atom stereocenters. The smallest absolute Gasteiger partial charge is 0.353 e. The molecule has 0 spiro atoms. The van der Waals surface area contributed by atoms with E-state index in [9.17, 15) is 39.0 Å². The third-order valence-corrected chi connectivity index (χ3v) is 9.93. The number of aliphatic carboxylic acids is 1. The third-order valence-electron chi connectivity index (χ3n) is 7.38. The van der Waals surface area contributed by atoms with Gasteiger partial charge in [-0.05, 0) is 30.2 Å². The molecule has 3 heterocycles. The van der Waals surface area contributed by atoms with Crippen LogP contribution < -0.4 is 10.6 Å². The number of nitrogens with zero attached hydrogens (tertiary/aromatic N) is 3. The lowest BCUT2D eigenvalue weighted by Crippen LogP contribution is -2.71. The number of benzene rings is 2. The second kappa shape index (κ2) is 13.1. The molecule has 5 rings (SSSR count). The van der Waals surface area contributed by atoms with E-state index < -0.39 is 53.1 Å². The van der Waals surface area contributed by atoms with Gasteiger partial charge in [-0.3, -0.25) is 29.0 Å². The van der Waals surface area contributed by atoms with Crippen LogP contribution in [0.3, 0.4) is 0 Å². The molecule has 2 aromatic carbocycles. The molecule has 6 amide bonds. The summed E-state index contributed by atoms with van der Waals surface area (Å²) in [5.74, 6) is -4.17. The summed E-state index contributed by atoms with van der Waals surface area (Å²) in [6.07, 6.45) is 0. The number of carboxylic acid groups (broad SMARTS) is 1. The molecule has 15 heteroatoms. The Kier molecular flexibility index (Phi) is 9.27. The Morgan fingerprint density at radius 1 is 1.02 bits per heavy atom. The number of aliphatic hydroxyl groups excluding tert-OH is 1. The van der Waals surface area contributed by atoms with Crippen LogP contribution in [0.15, 0.2) is 70.1 Å². The third kappa shape index (κ3) is 6.02. The summed E-state index contributed by atoms with van der Waals surface area (Å²) in [6.45, 7) is 2.03. The maximum absolute atomic E-state index is 13.6. The largest absolute Gasteiger partial charge is 0.477 e. The van der Waals surface area contributed by atoms with Crippen LogP contribution in [0.4, 0.5) is 4.79 Å². The van der Waals surface area contributed by atoms with Gasteiger partial charge in [0, 0.05) is 35.2 Å². The SMILES string of the molecule is CCN1CCN(C(=O)NC(C(=O)NC2C(=O)N3C(C(=O)O)=C(Sc4ccc(CO)cc4)CS[C@@H]23)c2ccccc2)C(=O)C1=O. The number of imide groups is 1. The zero-order chi connectivity index (χ0) is 31.5. The topological polar surface area (TPSA) is 177 Å². The molecule has 2 saturated heterocycles. The maximum Gasteiger partial charge on any atom is 0.353 e. The molecule has 2 aromatic rings. The number of carbonyl (C=O) groups is 6. The van der Waals surface area contributed by atoms with Gasteiger partial charge in [0.15, 0.2) is 0 Å². The highest BCUT2D eigenvalue weighted by Gasteiger charge is 2.54. The van der Waals surface area contributed by atoms with E-state index in [0.717, 1.165) is 14.7 Å². The van der Waals surface area contributed by atoms with Gasteiger partial charge >= 0.3 is 23.8 Å². The van der Waals surface area contributed by atoms with E-state index in [-0.39, 0.29) is 31.1 Å². The van der Waals surface area contributed by atoms with Crippen molar-refractivity contribution in [1.82, 2.24) is 25.3 Å². The van der Waals surface area contributed by atoms with Crippen molar-refractivity contribution in [2.24, 2.45) is 0 Å². The molecule has 13 nitrogen and oxygen atoms in total. The van der Waals surface area contributed by atoms with E-state index in [1.807, 2.05) is 0 Å². The summed E-state index contributed by atoms with van der Waals surface area (Å²) in [5.41, 5.74) is 0.921. The van der Waals surface area contributed by atoms with Gasteiger partial charge in [0.1, 0.15) is 23.2 Å². The van der Waals surface area contributed by atoms with Crippen LogP contribution in [0.1, 0.15) is 24.1 Å². The Labute approximate surface area is 260 Å². The number of urea groups is 1. The molecule has 3 aliphatic rings. The first-order chi connectivity index (χ1) is 21.1. The van der Waals surface area contributed by atoms with E-state index in [1.54, 1.807) is 61.5 Å². The Balaban J connectivity index is 1.31. The summed E-state index contributed by atoms with van der Waals surface area (Å²) in [6, 6.07) is 11.9. The van der Waals surface area contributed by atoms with Crippen molar-refractivity contribution < 1.29 is 39.0 Å². The van der Waals surface area contributed by atoms with Gasteiger partial charge in [-0.15, -0.1) is 11.8 Å². The molecule has 0 aliphatic carbocycles. The highest BCUT2D eigenvalue weighted by atomic mass is 32.2. The fourth-order valence-corrected chi connectivity index (χ4v) is 7.50. The Morgan fingerprint density at radius 2 is 1.73 bits per heavy atom. The number of amides is 6. The first-order valence-corrected chi connectivity index (χ1v) is 15.6. The number of carboxylic acids is 1. The van der Waals surface area contributed by atoms with Crippen LogP contribution in [-0.4, -0.2) is 97.3 Å². The number of nitrogens with one attached hydrogen (secondary N) is 2. The number of fused-ring (bicyclic) bond motifs is 1. The van der Waals surface area contributed by atoms with Crippen LogP contribution in [0.2, 0.25) is 0 Å². The van der Waals surface area contributed by atoms with Crippen LogP contribution >= 0.6 is 23.5 Å². The fraction of sp³-hybridized carbons (Fsp3) is 0.310. The Bertz CT molecular complexity index is 1530. The predicted molar refractivity (Wildman–Crippen MR) is 160 cm³/mol. The molecule has 2 unspecified atom stereocenters. The van der Waals surface area contributed by atoms with E-state index in [2.05, 4.69) is 10.6 Å². The van der Waals surface area contributed by atoms with Crippen molar-refractivity contribution in [2.45, 2.75) is 35.9 Å². The Morgan fingerprint density at radius 3 is 2.36 bits per heavy atom. The number of hydrogen-bond acceptors (Lipinski definition) is 9. The van der Waals surface area contributed by atoms with Gasteiger partial charge in [0.05, 0.1) is 6.61 Å². The van der Waals surface area contributed by atoms with Gasteiger partial charge < -0.3 is 25.7 Å². The van der Waals surface area contributed by atoms with Gasteiger partial charge in [0.2, 0.25) is 5.91 Å². The zero-order valence-corrected chi connectivity index (χ0v) is 25.1. The van der Waals surface area contributed by atoms with Crippen LogP contribution in [0.25, 0.3) is 0 Å². The monoisotopic (exact) mass is 639 g/mol. The number of β-lactam (4-membered cyclic amide) rings is 1. The lowest BCUT2D eigenvalue weighted by Gasteiger charge is -2.49. The molecule has 0 radical (unpaired) electrons. The average Bonchev–Trinajstić information content (AvgIpc) is 3.03.